The van der Waals surface area contributed by atoms with Gasteiger partial charge in [-0.1, -0.05) is 34.8 Å². The van der Waals surface area contributed by atoms with Crippen molar-refractivity contribution in [3.8, 4) is 0 Å². The van der Waals surface area contributed by atoms with Crippen LogP contribution in [0.5, 0.6) is 0 Å². The Morgan fingerprint density at radius 3 is 2.22 bits per heavy atom. The minimum atomic E-state index is -0.475. The molecule has 0 amide bonds. The summed E-state index contributed by atoms with van der Waals surface area (Å²) in [5.41, 5.74) is 6.53. The van der Waals surface area contributed by atoms with Crippen LogP contribution >= 0.6 is 34.8 Å². The van der Waals surface area contributed by atoms with Crippen molar-refractivity contribution in [1.29, 1.82) is 0 Å². The minimum absolute atomic E-state index is 0.254. The van der Waals surface area contributed by atoms with E-state index in [1.165, 1.54) is 24.3 Å². The Kier molecular flexibility index (Phi) is 3.85. The number of nitrogens with two attached hydrogens (primary N) is 1. The second-order valence-corrected chi connectivity index (χ2v) is 4.83. The average molecular weight is 306 g/mol. The van der Waals surface area contributed by atoms with Gasteiger partial charge in [-0.05, 0) is 30.3 Å². The van der Waals surface area contributed by atoms with Gasteiger partial charge in [-0.2, -0.15) is 0 Å². The minimum Gasteiger partial charge on any atom is -0.399 e. The van der Waals surface area contributed by atoms with Crippen LogP contribution in [0.1, 0.15) is 0 Å². The normalized spacial score (nSPS) is 10.4. The number of hydrogen-bond donors (Lipinski definition) is 2. The Hall–Kier alpha value is -1.16. The van der Waals surface area contributed by atoms with E-state index >= 15 is 0 Å². The second-order valence-electron chi connectivity index (χ2n) is 3.61. The van der Waals surface area contributed by atoms with Gasteiger partial charge in [-0.25, -0.2) is 4.39 Å². The number of nitrogen functional groups attached to an aromatic ring is 1. The van der Waals surface area contributed by atoms with E-state index in [9.17, 15) is 4.39 Å². The summed E-state index contributed by atoms with van der Waals surface area (Å²) in [6, 6.07) is 7.33. The van der Waals surface area contributed by atoms with Crippen molar-refractivity contribution in [3.05, 3.63) is 51.2 Å². The number of hydrogen-bond acceptors (Lipinski definition) is 2. The van der Waals surface area contributed by atoms with E-state index in [-0.39, 0.29) is 5.69 Å². The van der Waals surface area contributed by atoms with Crippen LogP contribution in [0.25, 0.3) is 0 Å². The molecule has 18 heavy (non-hydrogen) atoms. The first-order valence-corrected chi connectivity index (χ1v) is 6.07. The summed E-state index contributed by atoms with van der Waals surface area (Å²) in [6.07, 6.45) is 0. The van der Waals surface area contributed by atoms with E-state index in [0.29, 0.717) is 26.4 Å². The average Bonchev–Trinajstić information content (AvgIpc) is 2.29. The molecule has 0 aliphatic carbocycles. The van der Waals surface area contributed by atoms with Gasteiger partial charge in [0.1, 0.15) is 5.82 Å². The predicted molar refractivity (Wildman–Crippen MR) is 75.6 cm³/mol. The van der Waals surface area contributed by atoms with Gasteiger partial charge >= 0.3 is 0 Å². The molecular weight excluding hydrogens is 298 g/mol. The molecule has 0 unspecified atom stereocenters. The number of benzene rings is 2. The molecule has 0 saturated heterocycles. The quantitative estimate of drug-likeness (QED) is 0.597. The zero-order valence-corrected chi connectivity index (χ0v) is 11.2. The zero-order chi connectivity index (χ0) is 13.3. The summed E-state index contributed by atoms with van der Waals surface area (Å²) in [5.74, 6) is -0.475. The van der Waals surface area contributed by atoms with Crippen LogP contribution in [0.3, 0.4) is 0 Å². The van der Waals surface area contributed by atoms with E-state index in [1.54, 1.807) is 6.07 Å². The van der Waals surface area contributed by atoms with Crippen LogP contribution in [0, 0.1) is 5.82 Å². The van der Waals surface area contributed by atoms with Crippen molar-refractivity contribution in [3.63, 3.8) is 0 Å². The van der Waals surface area contributed by atoms with Gasteiger partial charge in [-0.15, -0.1) is 0 Å². The third kappa shape index (κ3) is 2.80. The highest BCUT2D eigenvalue weighted by molar-refractivity contribution is 6.44. The van der Waals surface area contributed by atoms with Crippen LogP contribution in [0.2, 0.25) is 15.1 Å². The smallest absolute Gasteiger partial charge is 0.148 e. The molecule has 94 valence electrons. The van der Waals surface area contributed by atoms with Crippen molar-refractivity contribution >= 4 is 51.9 Å². The van der Waals surface area contributed by atoms with Gasteiger partial charge in [0.2, 0.25) is 0 Å². The van der Waals surface area contributed by atoms with E-state index in [0.717, 1.165) is 0 Å². The first-order chi connectivity index (χ1) is 8.47. The van der Waals surface area contributed by atoms with Crippen molar-refractivity contribution < 1.29 is 4.39 Å². The number of nitrogens with one attached hydrogen (secondary N) is 1. The maximum absolute atomic E-state index is 13.6. The highest BCUT2D eigenvalue weighted by Crippen LogP contribution is 2.34. The molecule has 0 atom stereocenters. The fourth-order valence-corrected chi connectivity index (χ4v) is 1.99. The van der Waals surface area contributed by atoms with Crippen LogP contribution in [-0.4, -0.2) is 0 Å². The molecular formula is C12H8Cl3FN2. The first kappa shape index (κ1) is 13.3. The molecule has 0 aliphatic heterocycles. The van der Waals surface area contributed by atoms with Gasteiger partial charge in [0.05, 0.1) is 26.4 Å². The number of anilines is 3. The Morgan fingerprint density at radius 1 is 0.889 bits per heavy atom. The lowest BCUT2D eigenvalue weighted by molar-refractivity contribution is 0.632. The van der Waals surface area contributed by atoms with E-state index in [4.69, 9.17) is 40.5 Å². The molecule has 0 fully saturated rings. The van der Waals surface area contributed by atoms with Crippen LogP contribution in [0.15, 0.2) is 30.3 Å². The predicted octanol–water partition coefficient (Wildman–Crippen LogP) is 5.11. The van der Waals surface area contributed by atoms with Gasteiger partial charge in [0, 0.05) is 5.69 Å². The zero-order valence-electron chi connectivity index (χ0n) is 8.98. The SMILES string of the molecule is Nc1ccc(Nc2cc(Cl)c(Cl)cc2Cl)c(F)c1. The van der Waals surface area contributed by atoms with Crippen molar-refractivity contribution in [2.45, 2.75) is 0 Å². The third-order valence-electron chi connectivity index (χ3n) is 2.27. The van der Waals surface area contributed by atoms with Crippen LogP contribution in [0.4, 0.5) is 21.5 Å². The summed E-state index contributed by atoms with van der Waals surface area (Å²) in [7, 11) is 0. The highest BCUT2D eigenvalue weighted by Gasteiger charge is 2.08. The molecule has 3 N–H and O–H groups in total. The van der Waals surface area contributed by atoms with Crippen LogP contribution < -0.4 is 11.1 Å². The van der Waals surface area contributed by atoms with Crippen molar-refractivity contribution in [2.75, 3.05) is 11.1 Å². The molecule has 0 heterocycles. The van der Waals surface area contributed by atoms with Gasteiger partial charge in [0.25, 0.3) is 0 Å². The lowest BCUT2D eigenvalue weighted by Crippen LogP contribution is -1.96. The fraction of sp³-hybridized carbons (Fsp3) is 0. The van der Waals surface area contributed by atoms with Crippen molar-refractivity contribution in [1.82, 2.24) is 0 Å². The molecule has 0 aliphatic rings. The largest absolute Gasteiger partial charge is 0.399 e. The molecule has 0 spiro atoms. The molecule has 0 saturated carbocycles. The lowest BCUT2D eigenvalue weighted by Gasteiger charge is -2.11. The van der Waals surface area contributed by atoms with Crippen LogP contribution in [-0.2, 0) is 0 Å². The lowest BCUT2D eigenvalue weighted by atomic mass is 10.2. The molecule has 2 aromatic rings. The maximum Gasteiger partial charge on any atom is 0.148 e. The van der Waals surface area contributed by atoms with Gasteiger partial charge < -0.3 is 11.1 Å². The molecule has 2 nitrogen and oxygen atoms in total. The number of rotatable bonds is 2. The summed E-state index contributed by atoms with van der Waals surface area (Å²) in [6.45, 7) is 0. The summed E-state index contributed by atoms with van der Waals surface area (Å²) >= 11 is 17.7. The Labute approximate surface area is 118 Å². The van der Waals surface area contributed by atoms with E-state index < -0.39 is 5.82 Å². The molecule has 6 heteroatoms. The fourth-order valence-electron chi connectivity index (χ4n) is 1.40. The molecule has 0 aromatic heterocycles. The first-order valence-electron chi connectivity index (χ1n) is 4.94. The summed E-state index contributed by atoms with van der Waals surface area (Å²) in [4.78, 5) is 0. The molecule has 0 radical (unpaired) electrons. The third-order valence-corrected chi connectivity index (χ3v) is 3.31. The monoisotopic (exact) mass is 304 g/mol. The topological polar surface area (TPSA) is 38.0 Å². The van der Waals surface area contributed by atoms with E-state index in [2.05, 4.69) is 5.32 Å². The van der Waals surface area contributed by atoms with Gasteiger partial charge in [0.15, 0.2) is 0 Å². The van der Waals surface area contributed by atoms with E-state index in [1.807, 2.05) is 0 Å². The Bertz CT molecular complexity index is 602. The summed E-state index contributed by atoms with van der Waals surface area (Å²) in [5, 5.41) is 3.85. The molecule has 2 aromatic carbocycles. The molecule has 0 bridgehead atoms. The Morgan fingerprint density at radius 2 is 1.56 bits per heavy atom. The second kappa shape index (κ2) is 5.22. The molecule has 2 rings (SSSR count). The maximum atomic E-state index is 13.6. The summed E-state index contributed by atoms with van der Waals surface area (Å²) < 4.78 is 13.6. The standard InChI is InChI=1S/C12H8Cl3FN2/c13-7-4-9(15)12(5-8(7)14)18-11-2-1-6(17)3-10(11)16/h1-5,18H,17H2. The van der Waals surface area contributed by atoms with Gasteiger partial charge in [-0.3, -0.25) is 0 Å². The Balaban J connectivity index is 2.37. The van der Waals surface area contributed by atoms with Crippen molar-refractivity contribution in [2.24, 2.45) is 0 Å². The highest BCUT2D eigenvalue weighted by atomic mass is 35.5. The number of halogens is 4.